The van der Waals surface area contributed by atoms with Gasteiger partial charge < -0.3 is 10.5 Å². The number of nitrogens with two attached hydrogens (primary N) is 1. The number of halogens is 1. The topological polar surface area (TPSA) is 81.4 Å². The number of ether oxygens (including phenoxy) is 1. The van der Waals surface area contributed by atoms with Gasteiger partial charge in [-0.25, -0.2) is 12.8 Å². The number of nitrogen functional groups attached to an aromatic ring is 1. The highest BCUT2D eigenvalue weighted by Crippen LogP contribution is 2.25. The molecule has 0 heterocycles. The summed E-state index contributed by atoms with van der Waals surface area (Å²) in [5.74, 6) is -0.603. The third kappa shape index (κ3) is 3.25. The Morgan fingerprint density at radius 2 is 1.90 bits per heavy atom. The summed E-state index contributed by atoms with van der Waals surface area (Å²) in [5.41, 5.74) is 6.82. The minimum absolute atomic E-state index is 0.0378. The summed E-state index contributed by atoms with van der Waals surface area (Å²) in [5, 5.41) is 0. The molecule has 0 radical (unpaired) electrons. The van der Waals surface area contributed by atoms with Crippen molar-refractivity contribution in [3.05, 3.63) is 47.8 Å². The molecule has 0 bridgehead atoms. The van der Waals surface area contributed by atoms with Crippen molar-refractivity contribution in [2.75, 3.05) is 17.6 Å². The van der Waals surface area contributed by atoms with E-state index >= 15 is 0 Å². The Balaban J connectivity index is 2.37. The first-order valence-electron chi connectivity index (χ1n) is 6.06. The monoisotopic (exact) mass is 310 g/mol. The minimum atomic E-state index is -3.78. The molecular formula is C14H15FN2O3S. The summed E-state index contributed by atoms with van der Waals surface area (Å²) in [6, 6.07) is 8.23. The Morgan fingerprint density at radius 1 is 1.19 bits per heavy atom. The number of anilines is 2. The van der Waals surface area contributed by atoms with E-state index in [-0.39, 0.29) is 16.3 Å². The number of hydrogen-bond acceptors (Lipinski definition) is 4. The van der Waals surface area contributed by atoms with Crippen LogP contribution in [0.5, 0.6) is 5.75 Å². The standard InChI is InChI=1S/C14H15FN2O3S/c1-9-7-10(16)3-6-14(9)21(18,19)17-11-4-5-12(15)13(8-11)20-2/h3-8,17H,16H2,1-2H3. The Hall–Kier alpha value is -2.28. The molecule has 0 unspecified atom stereocenters. The molecule has 0 amide bonds. The molecule has 7 heteroatoms. The molecule has 0 aliphatic carbocycles. The molecule has 2 aromatic rings. The minimum Gasteiger partial charge on any atom is -0.494 e. The van der Waals surface area contributed by atoms with Crippen molar-refractivity contribution in [3.8, 4) is 5.75 Å². The number of hydrogen-bond donors (Lipinski definition) is 2. The molecule has 0 aliphatic heterocycles. The SMILES string of the molecule is COc1cc(NS(=O)(=O)c2ccc(N)cc2C)ccc1F. The van der Waals surface area contributed by atoms with Gasteiger partial charge in [-0.2, -0.15) is 0 Å². The van der Waals surface area contributed by atoms with Gasteiger partial charge in [0.1, 0.15) is 0 Å². The number of sulfonamides is 1. The number of benzene rings is 2. The van der Waals surface area contributed by atoms with Crippen LogP contribution >= 0.6 is 0 Å². The average molecular weight is 310 g/mol. The second-order valence-electron chi connectivity index (χ2n) is 4.48. The third-order valence-corrected chi connectivity index (χ3v) is 4.43. The molecule has 3 N–H and O–H groups in total. The first-order valence-corrected chi connectivity index (χ1v) is 7.54. The number of rotatable bonds is 4. The van der Waals surface area contributed by atoms with Gasteiger partial charge in [-0.05, 0) is 42.8 Å². The summed E-state index contributed by atoms with van der Waals surface area (Å²) in [6.45, 7) is 1.65. The van der Waals surface area contributed by atoms with E-state index in [2.05, 4.69) is 4.72 Å². The van der Waals surface area contributed by atoms with Crippen LogP contribution in [-0.4, -0.2) is 15.5 Å². The Kier molecular flexibility index (Phi) is 4.04. The first kappa shape index (κ1) is 15.1. The van der Waals surface area contributed by atoms with Gasteiger partial charge in [0.25, 0.3) is 10.0 Å². The second kappa shape index (κ2) is 5.61. The van der Waals surface area contributed by atoms with Crippen LogP contribution in [0.25, 0.3) is 0 Å². The van der Waals surface area contributed by atoms with Crippen molar-refractivity contribution in [1.82, 2.24) is 0 Å². The molecule has 21 heavy (non-hydrogen) atoms. The van der Waals surface area contributed by atoms with E-state index in [1.54, 1.807) is 13.0 Å². The molecule has 0 saturated carbocycles. The quantitative estimate of drug-likeness (QED) is 0.850. The third-order valence-electron chi connectivity index (χ3n) is 2.89. The van der Waals surface area contributed by atoms with Gasteiger partial charge in [0, 0.05) is 11.8 Å². The summed E-state index contributed by atoms with van der Waals surface area (Å²) in [7, 11) is -2.48. The van der Waals surface area contributed by atoms with Crippen molar-refractivity contribution in [1.29, 1.82) is 0 Å². The van der Waals surface area contributed by atoms with Gasteiger partial charge in [-0.1, -0.05) is 0 Å². The van der Waals surface area contributed by atoms with Gasteiger partial charge in [-0.15, -0.1) is 0 Å². The predicted molar refractivity (Wildman–Crippen MR) is 79.4 cm³/mol. The fourth-order valence-electron chi connectivity index (χ4n) is 1.91. The maximum atomic E-state index is 13.3. The maximum absolute atomic E-state index is 13.3. The van der Waals surface area contributed by atoms with Crippen molar-refractivity contribution in [2.45, 2.75) is 11.8 Å². The molecule has 112 valence electrons. The van der Waals surface area contributed by atoms with Gasteiger partial charge in [0.15, 0.2) is 11.6 Å². The number of nitrogens with one attached hydrogen (secondary N) is 1. The zero-order chi connectivity index (χ0) is 15.6. The highest BCUT2D eigenvalue weighted by molar-refractivity contribution is 7.92. The lowest BCUT2D eigenvalue weighted by Gasteiger charge is -2.12. The predicted octanol–water partition coefficient (Wildman–Crippen LogP) is 2.53. The Morgan fingerprint density at radius 3 is 2.52 bits per heavy atom. The summed E-state index contributed by atoms with van der Waals surface area (Å²) in [6.07, 6.45) is 0. The lowest BCUT2D eigenvalue weighted by molar-refractivity contribution is 0.387. The zero-order valence-corrected chi connectivity index (χ0v) is 12.4. The lowest BCUT2D eigenvalue weighted by atomic mass is 10.2. The van der Waals surface area contributed by atoms with E-state index < -0.39 is 15.8 Å². The molecule has 0 saturated heterocycles. The molecule has 2 rings (SSSR count). The van der Waals surface area contributed by atoms with Gasteiger partial charge in [0.2, 0.25) is 0 Å². The smallest absolute Gasteiger partial charge is 0.262 e. The van der Waals surface area contributed by atoms with Crippen LogP contribution < -0.4 is 15.2 Å². The summed E-state index contributed by atoms with van der Waals surface area (Å²) >= 11 is 0. The molecular weight excluding hydrogens is 295 g/mol. The maximum Gasteiger partial charge on any atom is 0.262 e. The van der Waals surface area contributed by atoms with Crippen LogP contribution in [0.1, 0.15) is 5.56 Å². The second-order valence-corrected chi connectivity index (χ2v) is 6.13. The van der Waals surface area contributed by atoms with Gasteiger partial charge in [0.05, 0.1) is 17.7 Å². The van der Waals surface area contributed by atoms with Crippen LogP contribution in [-0.2, 0) is 10.0 Å². The van der Waals surface area contributed by atoms with Crippen LogP contribution in [0.3, 0.4) is 0 Å². The Bertz CT molecular complexity index is 776. The highest BCUT2D eigenvalue weighted by atomic mass is 32.2. The molecule has 5 nitrogen and oxygen atoms in total. The number of methoxy groups -OCH3 is 1. The number of aryl methyl sites for hydroxylation is 1. The van der Waals surface area contributed by atoms with Gasteiger partial charge in [-0.3, -0.25) is 4.72 Å². The summed E-state index contributed by atoms with van der Waals surface area (Å²) in [4.78, 5) is 0.111. The van der Waals surface area contributed by atoms with E-state index in [1.807, 2.05) is 0 Å². The van der Waals surface area contributed by atoms with Gasteiger partial charge >= 0.3 is 0 Å². The van der Waals surface area contributed by atoms with Crippen LogP contribution in [0.4, 0.5) is 15.8 Å². The largest absolute Gasteiger partial charge is 0.494 e. The van der Waals surface area contributed by atoms with E-state index in [9.17, 15) is 12.8 Å². The van der Waals surface area contributed by atoms with Crippen LogP contribution in [0.15, 0.2) is 41.3 Å². The molecule has 0 spiro atoms. The van der Waals surface area contributed by atoms with E-state index in [4.69, 9.17) is 10.5 Å². The highest BCUT2D eigenvalue weighted by Gasteiger charge is 2.17. The molecule has 0 fully saturated rings. The molecule has 0 aromatic heterocycles. The Labute approximate surface area is 122 Å². The fourth-order valence-corrected chi connectivity index (χ4v) is 3.18. The van der Waals surface area contributed by atoms with Crippen molar-refractivity contribution in [2.24, 2.45) is 0 Å². The first-order chi connectivity index (χ1) is 9.83. The van der Waals surface area contributed by atoms with Crippen molar-refractivity contribution >= 4 is 21.4 Å². The lowest BCUT2D eigenvalue weighted by Crippen LogP contribution is -2.14. The normalized spacial score (nSPS) is 11.2. The van der Waals surface area contributed by atoms with E-state index in [1.165, 1.54) is 31.4 Å². The van der Waals surface area contributed by atoms with Crippen molar-refractivity contribution < 1.29 is 17.5 Å². The van der Waals surface area contributed by atoms with Crippen molar-refractivity contribution in [3.63, 3.8) is 0 Å². The fraction of sp³-hybridized carbons (Fsp3) is 0.143. The zero-order valence-electron chi connectivity index (χ0n) is 11.6. The van der Waals surface area contributed by atoms with E-state index in [0.717, 1.165) is 6.07 Å². The van der Waals surface area contributed by atoms with Crippen LogP contribution in [0.2, 0.25) is 0 Å². The molecule has 0 aliphatic rings. The summed E-state index contributed by atoms with van der Waals surface area (Å²) < 4.78 is 45.2. The average Bonchev–Trinajstić information content (AvgIpc) is 2.40. The van der Waals surface area contributed by atoms with E-state index in [0.29, 0.717) is 11.3 Å². The van der Waals surface area contributed by atoms with Crippen LogP contribution in [0, 0.1) is 12.7 Å². The molecule has 0 atom stereocenters. The molecule has 2 aromatic carbocycles.